The fourth-order valence-electron chi connectivity index (χ4n) is 1.20. The average molecular weight is 206 g/mol. The summed E-state index contributed by atoms with van der Waals surface area (Å²) in [5, 5.41) is 2.67. The Balaban J connectivity index is 1.96. The number of carbonyl (C=O) groups excluding carboxylic acids is 1. The molecule has 0 aliphatic heterocycles. The number of H-pyrrole nitrogens is 3. The van der Waals surface area contributed by atoms with Crippen molar-refractivity contribution in [2.24, 2.45) is 0 Å². The smallest absolute Gasteiger partial charge is 0.323 e. The predicted octanol–water partition coefficient (Wildman–Crippen LogP) is -0.0389. The van der Waals surface area contributed by atoms with E-state index in [0.717, 1.165) is 5.56 Å². The zero-order valence-electron chi connectivity index (χ0n) is 7.83. The maximum absolute atomic E-state index is 11.4. The summed E-state index contributed by atoms with van der Waals surface area (Å²) >= 11 is 0. The van der Waals surface area contributed by atoms with Gasteiger partial charge in [-0.2, -0.15) is 0 Å². The maximum Gasteiger partial charge on any atom is 0.323 e. The Bertz CT molecular complexity index is 494. The van der Waals surface area contributed by atoms with Crippen LogP contribution >= 0.6 is 0 Å². The topological polar surface area (TPSA) is 93.5 Å². The van der Waals surface area contributed by atoms with Crippen molar-refractivity contribution in [3.05, 3.63) is 46.4 Å². The lowest BCUT2D eigenvalue weighted by Gasteiger charge is -2.00. The summed E-state index contributed by atoms with van der Waals surface area (Å²) in [6.45, 7) is 0.426. The van der Waals surface area contributed by atoms with E-state index in [4.69, 9.17) is 0 Å². The van der Waals surface area contributed by atoms with Crippen LogP contribution in [0.2, 0.25) is 0 Å². The highest BCUT2D eigenvalue weighted by Crippen LogP contribution is 1.96. The van der Waals surface area contributed by atoms with Gasteiger partial charge in [0.05, 0.1) is 0 Å². The molecule has 0 aromatic carbocycles. The van der Waals surface area contributed by atoms with Crippen LogP contribution < -0.4 is 11.0 Å². The quantitative estimate of drug-likeness (QED) is 0.567. The summed E-state index contributed by atoms with van der Waals surface area (Å²) in [5.41, 5.74) is 0.818. The highest BCUT2D eigenvalue weighted by Gasteiger charge is 2.06. The third-order valence-corrected chi connectivity index (χ3v) is 1.96. The molecule has 0 unspecified atom stereocenters. The van der Waals surface area contributed by atoms with Crippen molar-refractivity contribution in [1.82, 2.24) is 20.3 Å². The van der Waals surface area contributed by atoms with Gasteiger partial charge in [0, 0.05) is 25.1 Å². The van der Waals surface area contributed by atoms with E-state index < -0.39 is 0 Å². The van der Waals surface area contributed by atoms with Crippen molar-refractivity contribution in [3.8, 4) is 0 Å². The fourth-order valence-corrected chi connectivity index (χ4v) is 1.20. The van der Waals surface area contributed by atoms with E-state index in [2.05, 4.69) is 20.3 Å². The second-order valence-electron chi connectivity index (χ2n) is 3.06. The second-order valence-corrected chi connectivity index (χ2v) is 3.06. The van der Waals surface area contributed by atoms with Crippen LogP contribution in [0, 0.1) is 0 Å². The molecule has 0 radical (unpaired) electrons. The number of aromatic amines is 3. The first-order valence-corrected chi connectivity index (χ1v) is 4.43. The Hall–Kier alpha value is -2.24. The van der Waals surface area contributed by atoms with Crippen LogP contribution in [-0.2, 0) is 6.54 Å². The summed E-state index contributed by atoms with van der Waals surface area (Å²) in [6.07, 6.45) is 4.91. The minimum Gasteiger partial charge on any atom is -0.367 e. The molecular weight excluding hydrogens is 196 g/mol. The molecule has 1 amide bonds. The molecule has 0 aliphatic rings. The zero-order chi connectivity index (χ0) is 10.7. The molecule has 6 heteroatoms. The van der Waals surface area contributed by atoms with Gasteiger partial charge in [-0.15, -0.1) is 0 Å². The Morgan fingerprint density at radius 2 is 2.27 bits per heavy atom. The van der Waals surface area contributed by atoms with Gasteiger partial charge in [-0.3, -0.25) is 4.79 Å². The molecule has 0 saturated heterocycles. The maximum atomic E-state index is 11.4. The summed E-state index contributed by atoms with van der Waals surface area (Å²) in [7, 11) is 0. The van der Waals surface area contributed by atoms with Crippen LogP contribution in [0.15, 0.2) is 29.5 Å². The van der Waals surface area contributed by atoms with Crippen molar-refractivity contribution >= 4 is 5.91 Å². The first-order chi connectivity index (χ1) is 7.25. The summed E-state index contributed by atoms with van der Waals surface area (Å²) in [4.78, 5) is 29.8. The van der Waals surface area contributed by atoms with Gasteiger partial charge in [0.2, 0.25) is 0 Å². The van der Waals surface area contributed by atoms with Gasteiger partial charge < -0.3 is 20.3 Å². The van der Waals surface area contributed by atoms with E-state index >= 15 is 0 Å². The zero-order valence-corrected chi connectivity index (χ0v) is 7.83. The summed E-state index contributed by atoms with van der Waals surface area (Å²) in [6, 6.07) is 1.86. The van der Waals surface area contributed by atoms with Gasteiger partial charge in [0.25, 0.3) is 5.91 Å². The molecule has 2 aromatic heterocycles. The van der Waals surface area contributed by atoms with Crippen molar-refractivity contribution in [1.29, 1.82) is 0 Å². The van der Waals surface area contributed by atoms with Gasteiger partial charge in [-0.1, -0.05) is 0 Å². The first-order valence-electron chi connectivity index (χ1n) is 4.43. The average Bonchev–Trinajstić information content (AvgIpc) is 2.84. The molecule has 15 heavy (non-hydrogen) atoms. The molecule has 0 spiro atoms. The van der Waals surface area contributed by atoms with Crippen molar-refractivity contribution in [2.75, 3.05) is 0 Å². The minimum absolute atomic E-state index is 0.232. The molecule has 0 atom stereocenters. The molecule has 2 rings (SSSR count). The Labute approximate surface area is 84.7 Å². The van der Waals surface area contributed by atoms with Gasteiger partial charge in [-0.05, 0) is 11.6 Å². The first kappa shape index (κ1) is 9.32. The molecule has 0 fully saturated rings. The van der Waals surface area contributed by atoms with Crippen LogP contribution in [0.5, 0.6) is 0 Å². The van der Waals surface area contributed by atoms with E-state index in [1.807, 2.05) is 6.07 Å². The highest BCUT2D eigenvalue weighted by atomic mass is 16.2. The largest absolute Gasteiger partial charge is 0.367 e. The minimum atomic E-state index is -0.387. The SMILES string of the molecule is O=C(NCc1cc[nH]c1)c1c[nH]c(=O)[nH]1. The highest BCUT2D eigenvalue weighted by molar-refractivity contribution is 5.91. The number of carbonyl (C=O) groups is 1. The van der Waals surface area contributed by atoms with Gasteiger partial charge in [0.1, 0.15) is 5.69 Å². The van der Waals surface area contributed by atoms with Crippen LogP contribution in [0.1, 0.15) is 16.1 Å². The third-order valence-electron chi connectivity index (χ3n) is 1.96. The molecule has 6 nitrogen and oxygen atoms in total. The van der Waals surface area contributed by atoms with Crippen molar-refractivity contribution in [3.63, 3.8) is 0 Å². The lowest BCUT2D eigenvalue weighted by Crippen LogP contribution is -2.23. The number of aromatic nitrogens is 3. The van der Waals surface area contributed by atoms with Crippen LogP contribution in [0.25, 0.3) is 0 Å². The summed E-state index contributed by atoms with van der Waals surface area (Å²) < 4.78 is 0. The monoisotopic (exact) mass is 206 g/mol. The molecule has 0 saturated carbocycles. The predicted molar refractivity (Wildman–Crippen MR) is 53.4 cm³/mol. The third kappa shape index (κ3) is 2.16. The van der Waals surface area contributed by atoms with E-state index in [1.165, 1.54) is 6.20 Å². The lowest BCUT2D eigenvalue weighted by atomic mass is 10.3. The van der Waals surface area contributed by atoms with Crippen LogP contribution in [0.4, 0.5) is 0 Å². The number of rotatable bonds is 3. The Morgan fingerprint density at radius 1 is 1.40 bits per heavy atom. The number of amides is 1. The standard InChI is InChI=1S/C9H10N4O2/c14-8(7-5-12-9(15)13-7)11-4-6-1-2-10-3-6/h1-3,5,10H,4H2,(H,11,14)(H2,12,13,15). The summed E-state index contributed by atoms with van der Waals surface area (Å²) in [5.74, 6) is -0.311. The Morgan fingerprint density at radius 3 is 2.87 bits per heavy atom. The number of hydrogen-bond acceptors (Lipinski definition) is 2. The van der Waals surface area contributed by atoms with E-state index in [0.29, 0.717) is 6.54 Å². The number of imidazole rings is 1. The van der Waals surface area contributed by atoms with Crippen molar-refractivity contribution in [2.45, 2.75) is 6.54 Å². The van der Waals surface area contributed by atoms with Gasteiger partial charge in [-0.25, -0.2) is 4.79 Å². The lowest BCUT2D eigenvalue weighted by molar-refractivity contribution is 0.0946. The molecule has 2 aromatic rings. The van der Waals surface area contributed by atoms with Crippen LogP contribution in [0.3, 0.4) is 0 Å². The van der Waals surface area contributed by atoms with E-state index in [1.54, 1.807) is 12.4 Å². The Kier molecular flexibility index (Phi) is 2.40. The van der Waals surface area contributed by atoms with Crippen molar-refractivity contribution < 1.29 is 4.79 Å². The molecule has 4 N–H and O–H groups in total. The normalized spacial score (nSPS) is 10.1. The van der Waals surface area contributed by atoms with Gasteiger partial charge in [0.15, 0.2) is 0 Å². The molecule has 0 bridgehead atoms. The van der Waals surface area contributed by atoms with Crippen LogP contribution in [-0.4, -0.2) is 20.9 Å². The molecule has 78 valence electrons. The van der Waals surface area contributed by atoms with E-state index in [9.17, 15) is 9.59 Å². The van der Waals surface area contributed by atoms with Gasteiger partial charge >= 0.3 is 5.69 Å². The molecular formula is C9H10N4O2. The fraction of sp³-hybridized carbons (Fsp3) is 0.111. The number of nitrogens with one attached hydrogen (secondary N) is 4. The van der Waals surface area contributed by atoms with E-state index in [-0.39, 0.29) is 17.3 Å². The molecule has 0 aliphatic carbocycles. The second kappa shape index (κ2) is 3.87. The number of hydrogen-bond donors (Lipinski definition) is 4. The molecule has 2 heterocycles.